The number of carbonyl (C=O) groups is 1. The lowest BCUT2D eigenvalue weighted by atomic mass is 10.1. The molecular formula is C18H21FN4O2. The number of aromatic nitrogens is 2. The molecule has 0 radical (unpaired) electrons. The summed E-state index contributed by atoms with van der Waals surface area (Å²) in [6, 6.07) is 9.69. The van der Waals surface area contributed by atoms with Crippen molar-refractivity contribution in [2.45, 2.75) is 32.8 Å². The zero-order valence-electron chi connectivity index (χ0n) is 14.6. The smallest absolute Gasteiger partial charge is 0.429 e. The van der Waals surface area contributed by atoms with Crippen LogP contribution in [0.2, 0.25) is 0 Å². The van der Waals surface area contributed by atoms with Crippen molar-refractivity contribution in [3.05, 3.63) is 42.2 Å². The summed E-state index contributed by atoms with van der Waals surface area (Å²) in [5.41, 5.74) is 0.876. The number of hydrogen-bond donors (Lipinski definition) is 0. The van der Waals surface area contributed by atoms with Gasteiger partial charge in [-0.3, -0.25) is 5.01 Å². The van der Waals surface area contributed by atoms with Crippen LogP contribution in [0.4, 0.5) is 15.0 Å². The van der Waals surface area contributed by atoms with Gasteiger partial charge in [0.15, 0.2) is 5.82 Å². The lowest BCUT2D eigenvalue weighted by Gasteiger charge is -2.30. The Hall–Kier alpha value is -2.70. The molecule has 0 unspecified atom stereocenters. The Bertz CT molecular complexity index is 741. The maximum absolute atomic E-state index is 13.0. The SMILES string of the molecule is CC(C)(C)OC(=O)N1CCCN1c1ccc(-c2ccc(F)cc2)nn1. The van der Waals surface area contributed by atoms with Crippen molar-refractivity contribution in [3.8, 4) is 11.3 Å². The molecule has 7 heteroatoms. The highest BCUT2D eigenvalue weighted by Crippen LogP contribution is 2.24. The summed E-state index contributed by atoms with van der Waals surface area (Å²) in [6.07, 6.45) is 0.440. The average Bonchev–Trinajstić information content (AvgIpc) is 3.04. The first-order valence-corrected chi connectivity index (χ1v) is 8.21. The molecule has 0 N–H and O–H groups in total. The summed E-state index contributed by atoms with van der Waals surface area (Å²) in [7, 11) is 0. The minimum Gasteiger partial charge on any atom is -0.442 e. The molecule has 0 bridgehead atoms. The molecule has 1 saturated heterocycles. The molecule has 2 heterocycles. The van der Waals surface area contributed by atoms with E-state index in [1.807, 2.05) is 20.8 Å². The Kier molecular flexibility index (Phi) is 4.57. The van der Waals surface area contributed by atoms with Crippen LogP contribution in [0.5, 0.6) is 0 Å². The van der Waals surface area contributed by atoms with E-state index >= 15 is 0 Å². The number of anilines is 1. The predicted molar refractivity (Wildman–Crippen MR) is 92.3 cm³/mol. The molecule has 6 nitrogen and oxygen atoms in total. The largest absolute Gasteiger partial charge is 0.442 e. The van der Waals surface area contributed by atoms with Gasteiger partial charge in [-0.15, -0.1) is 10.2 Å². The zero-order chi connectivity index (χ0) is 18.0. The molecule has 3 rings (SSSR count). The Morgan fingerprint density at radius 1 is 1.08 bits per heavy atom. The van der Waals surface area contributed by atoms with E-state index < -0.39 is 11.7 Å². The van der Waals surface area contributed by atoms with Gasteiger partial charge in [0.1, 0.15) is 11.4 Å². The number of ether oxygens (including phenoxy) is 1. The van der Waals surface area contributed by atoms with Gasteiger partial charge >= 0.3 is 6.09 Å². The molecule has 1 fully saturated rings. The second-order valence-corrected chi connectivity index (χ2v) is 6.86. The van der Waals surface area contributed by atoms with E-state index in [2.05, 4.69) is 10.2 Å². The number of amides is 1. The van der Waals surface area contributed by atoms with E-state index in [9.17, 15) is 9.18 Å². The predicted octanol–water partition coefficient (Wildman–Crippen LogP) is 3.64. The highest BCUT2D eigenvalue weighted by molar-refractivity contribution is 5.71. The summed E-state index contributed by atoms with van der Waals surface area (Å²) in [5.74, 6) is 0.285. The maximum atomic E-state index is 13.0. The van der Waals surface area contributed by atoms with Crippen LogP contribution in [0.1, 0.15) is 27.2 Å². The van der Waals surface area contributed by atoms with Crippen LogP contribution < -0.4 is 5.01 Å². The first-order valence-electron chi connectivity index (χ1n) is 8.21. The Morgan fingerprint density at radius 3 is 2.40 bits per heavy atom. The molecule has 1 aromatic heterocycles. The third-order valence-electron chi connectivity index (χ3n) is 3.69. The second-order valence-electron chi connectivity index (χ2n) is 6.86. The van der Waals surface area contributed by atoms with E-state index in [-0.39, 0.29) is 5.82 Å². The molecule has 2 aromatic rings. The highest BCUT2D eigenvalue weighted by Gasteiger charge is 2.31. The van der Waals surface area contributed by atoms with Crippen molar-refractivity contribution < 1.29 is 13.9 Å². The third kappa shape index (κ3) is 4.04. The summed E-state index contributed by atoms with van der Waals surface area (Å²) < 4.78 is 18.5. The average molecular weight is 344 g/mol. The van der Waals surface area contributed by atoms with Gasteiger partial charge in [-0.25, -0.2) is 14.2 Å². The maximum Gasteiger partial charge on any atom is 0.429 e. The van der Waals surface area contributed by atoms with Gasteiger partial charge in [-0.05, 0) is 63.6 Å². The fraction of sp³-hybridized carbons (Fsp3) is 0.389. The minimum absolute atomic E-state index is 0.293. The topological polar surface area (TPSA) is 58.6 Å². The van der Waals surface area contributed by atoms with Gasteiger partial charge in [0.25, 0.3) is 0 Å². The second kappa shape index (κ2) is 6.66. The monoisotopic (exact) mass is 344 g/mol. The van der Waals surface area contributed by atoms with Crippen LogP contribution in [0.15, 0.2) is 36.4 Å². The van der Waals surface area contributed by atoms with Crippen LogP contribution in [0.3, 0.4) is 0 Å². The minimum atomic E-state index is -0.552. The lowest BCUT2D eigenvalue weighted by molar-refractivity contribution is 0.0272. The highest BCUT2D eigenvalue weighted by atomic mass is 19.1. The van der Waals surface area contributed by atoms with Crippen LogP contribution >= 0.6 is 0 Å². The number of benzene rings is 1. The summed E-state index contributed by atoms with van der Waals surface area (Å²) in [4.78, 5) is 12.3. The van der Waals surface area contributed by atoms with Gasteiger partial charge in [0, 0.05) is 18.7 Å². The summed E-state index contributed by atoms with van der Waals surface area (Å²) in [6.45, 7) is 6.76. The number of halogens is 1. The molecule has 1 aromatic carbocycles. The molecule has 25 heavy (non-hydrogen) atoms. The third-order valence-corrected chi connectivity index (χ3v) is 3.69. The van der Waals surface area contributed by atoms with Crippen LogP contribution in [-0.4, -0.2) is 40.0 Å². The zero-order valence-corrected chi connectivity index (χ0v) is 14.6. The van der Waals surface area contributed by atoms with Gasteiger partial charge in [0.05, 0.1) is 5.69 Å². The Morgan fingerprint density at radius 2 is 1.80 bits per heavy atom. The molecular weight excluding hydrogens is 323 g/mol. The fourth-order valence-electron chi connectivity index (χ4n) is 2.59. The van der Waals surface area contributed by atoms with E-state index in [0.717, 1.165) is 12.0 Å². The number of nitrogens with zero attached hydrogens (tertiary/aromatic N) is 4. The molecule has 0 spiro atoms. The van der Waals surface area contributed by atoms with Gasteiger partial charge in [-0.1, -0.05) is 0 Å². The molecule has 0 atom stereocenters. The van der Waals surface area contributed by atoms with Crippen LogP contribution in [0, 0.1) is 5.82 Å². The molecule has 1 aliphatic rings. The Balaban J connectivity index is 1.77. The van der Waals surface area contributed by atoms with Crippen molar-refractivity contribution in [1.29, 1.82) is 0 Å². The van der Waals surface area contributed by atoms with Crippen molar-refractivity contribution in [2.24, 2.45) is 0 Å². The number of hydrogen-bond acceptors (Lipinski definition) is 5. The number of rotatable bonds is 2. The lowest BCUT2D eigenvalue weighted by Crippen LogP contribution is -2.44. The van der Waals surface area contributed by atoms with Crippen molar-refractivity contribution in [2.75, 3.05) is 18.1 Å². The first-order chi connectivity index (χ1) is 11.8. The van der Waals surface area contributed by atoms with Gasteiger partial charge < -0.3 is 4.74 Å². The van der Waals surface area contributed by atoms with Crippen molar-refractivity contribution in [3.63, 3.8) is 0 Å². The molecule has 132 valence electrons. The standard InChI is InChI=1S/C18H21FN4O2/c1-18(2,3)25-17(24)23-12-4-11-22(23)16-10-9-15(20-21-16)13-5-7-14(19)8-6-13/h5-10H,4,11-12H2,1-3H3. The van der Waals surface area contributed by atoms with E-state index in [1.165, 1.54) is 12.1 Å². The molecule has 1 amide bonds. The molecule has 0 aliphatic carbocycles. The van der Waals surface area contributed by atoms with Gasteiger partial charge in [-0.2, -0.15) is 0 Å². The normalized spacial score (nSPS) is 14.7. The van der Waals surface area contributed by atoms with Crippen molar-refractivity contribution >= 4 is 11.9 Å². The molecule has 1 aliphatic heterocycles. The number of hydrazine groups is 1. The summed E-state index contributed by atoms with van der Waals surface area (Å²) >= 11 is 0. The van der Waals surface area contributed by atoms with Crippen LogP contribution in [-0.2, 0) is 4.74 Å². The first kappa shape index (κ1) is 17.1. The van der Waals surface area contributed by atoms with Crippen LogP contribution in [0.25, 0.3) is 11.3 Å². The quantitative estimate of drug-likeness (QED) is 0.832. The summed E-state index contributed by atoms with van der Waals surface area (Å²) in [5, 5.41) is 11.7. The number of carbonyl (C=O) groups excluding carboxylic acids is 1. The van der Waals surface area contributed by atoms with Crippen molar-refractivity contribution in [1.82, 2.24) is 15.2 Å². The van der Waals surface area contributed by atoms with E-state index in [1.54, 1.807) is 34.3 Å². The molecule has 0 saturated carbocycles. The fourth-order valence-corrected chi connectivity index (χ4v) is 2.59. The van der Waals surface area contributed by atoms with Gasteiger partial charge in [0.2, 0.25) is 0 Å². The Labute approximate surface area is 146 Å². The van der Waals surface area contributed by atoms with E-state index in [0.29, 0.717) is 24.6 Å². The van der Waals surface area contributed by atoms with E-state index in [4.69, 9.17) is 4.74 Å².